The number of fused-ring (bicyclic) bond motifs is 1. The maximum absolute atomic E-state index is 12.8. The Hall–Kier alpha value is -3.03. The number of carbonyl (C=O) groups excluding carboxylic acids is 1. The highest BCUT2D eigenvalue weighted by atomic mass is 16.2. The normalized spacial score (nSPS) is 16.0. The van der Waals surface area contributed by atoms with E-state index in [0.29, 0.717) is 16.5 Å². The average Bonchev–Trinajstić information content (AvgIpc) is 3.10. The maximum atomic E-state index is 12.8. The third kappa shape index (κ3) is 3.67. The van der Waals surface area contributed by atoms with E-state index in [1.165, 1.54) is 36.4 Å². The van der Waals surface area contributed by atoms with Crippen LogP contribution in [0.3, 0.4) is 0 Å². The lowest BCUT2D eigenvalue weighted by Crippen LogP contribution is -2.30. The van der Waals surface area contributed by atoms with Crippen molar-refractivity contribution in [2.45, 2.75) is 51.1 Å². The van der Waals surface area contributed by atoms with Crippen LogP contribution in [0.25, 0.3) is 11.0 Å². The number of hydrogen-bond acceptors (Lipinski definition) is 5. The molecule has 0 saturated heterocycles. The molecule has 0 unspecified atom stereocenters. The highest BCUT2D eigenvalue weighted by Gasteiger charge is 2.14. The molecule has 0 amide bonds. The third-order valence-corrected chi connectivity index (χ3v) is 5.28. The Bertz CT molecular complexity index is 1120. The lowest BCUT2D eigenvalue weighted by Gasteiger charge is -2.17. The molecule has 4 rings (SSSR count). The Morgan fingerprint density at radius 3 is 2.89 bits per heavy atom. The van der Waals surface area contributed by atoms with E-state index in [2.05, 4.69) is 10.1 Å². The molecule has 8 nitrogen and oxygen atoms in total. The van der Waals surface area contributed by atoms with Gasteiger partial charge in [-0.1, -0.05) is 25.3 Å². The number of rotatable bonds is 4. The first-order valence-electron chi connectivity index (χ1n) is 9.75. The van der Waals surface area contributed by atoms with Crippen LogP contribution in [-0.4, -0.2) is 35.8 Å². The fourth-order valence-corrected chi connectivity index (χ4v) is 3.71. The molecule has 8 heteroatoms. The summed E-state index contributed by atoms with van der Waals surface area (Å²) >= 11 is 0. The largest absolute Gasteiger partial charge is 0.298 e. The summed E-state index contributed by atoms with van der Waals surface area (Å²) in [6, 6.07) is 5.89. The summed E-state index contributed by atoms with van der Waals surface area (Å²) in [6.07, 6.45) is 10.7. The van der Waals surface area contributed by atoms with Gasteiger partial charge in [-0.25, -0.2) is 4.98 Å². The van der Waals surface area contributed by atoms with Crippen molar-refractivity contribution >= 4 is 16.9 Å². The highest BCUT2D eigenvalue weighted by molar-refractivity contribution is 5.78. The quantitative estimate of drug-likeness (QED) is 0.692. The molecule has 0 aliphatic heterocycles. The van der Waals surface area contributed by atoms with Crippen molar-refractivity contribution in [2.75, 3.05) is 0 Å². The van der Waals surface area contributed by atoms with Crippen LogP contribution in [0.4, 0.5) is 0 Å². The van der Waals surface area contributed by atoms with Gasteiger partial charge in [0.05, 0.1) is 18.6 Å². The number of hydrogen-bond donors (Lipinski definition) is 0. The van der Waals surface area contributed by atoms with Gasteiger partial charge < -0.3 is 0 Å². The second-order valence-corrected chi connectivity index (χ2v) is 7.24. The molecule has 146 valence electrons. The van der Waals surface area contributed by atoms with E-state index in [4.69, 9.17) is 4.99 Å². The minimum atomic E-state index is -0.184. The van der Waals surface area contributed by atoms with Gasteiger partial charge >= 0.3 is 0 Å². The van der Waals surface area contributed by atoms with Gasteiger partial charge in [-0.05, 0) is 25.0 Å². The molecular formula is C20H24N6O2. The second kappa shape index (κ2) is 7.92. The molecule has 1 fully saturated rings. The Morgan fingerprint density at radius 1 is 1.25 bits per heavy atom. The molecule has 3 aromatic heterocycles. The monoisotopic (exact) mass is 380 g/mol. The van der Waals surface area contributed by atoms with Gasteiger partial charge in [-0.15, -0.1) is 0 Å². The summed E-state index contributed by atoms with van der Waals surface area (Å²) in [5, 5.41) is 4.52. The van der Waals surface area contributed by atoms with Gasteiger partial charge in [0.15, 0.2) is 5.65 Å². The van der Waals surface area contributed by atoms with Crippen LogP contribution in [-0.2, 0) is 13.6 Å². The number of pyridine rings is 1. The summed E-state index contributed by atoms with van der Waals surface area (Å²) in [4.78, 5) is 34.4. The number of aromatic nitrogens is 5. The molecule has 1 aliphatic rings. The molecule has 0 aromatic carbocycles. The first-order chi connectivity index (χ1) is 13.6. The zero-order valence-corrected chi connectivity index (χ0v) is 16.0. The average molecular weight is 380 g/mol. The van der Waals surface area contributed by atoms with Crippen LogP contribution in [0.2, 0.25) is 0 Å². The summed E-state index contributed by atoms with van der Waals surface area (Å²) in [5.41, 5.74) is 1.04. The minimum absolute atomic E-state index is 0.0895. The van der Waals surface area contributed by atoms with Crippen molar-refractivity contribution in [3.63, 3.8) is 0 Å². The summed E-state index contributed by atoms with van der Waals surface area (Å²) in [6.45, 7) is 0.264. The minimum Gasteiger partial charge on any atom is -0.298 e. The van der Waals surface area contributed by atoms with Crippen molar-refractivity contribution in [1.82, 2.24) is 23.9 Å². The zero-order chi connectivity index (χ0) is 19.5. The molecule has 0 atom stereocenters. The zero-order valence-electron chi connectivity index (χ0n) is 16.0. The molecule has 0 bridgehead atoms. The highest BCUT2D eigenvalue weighted by Crippen LogP contribution is 2.19. The summed E-state index contributed by atoms with van der Waals surface area (Å²) in [5.74, 6) is -0.0895. The van der Waals surface area contributed by atoms with Crippen LogP contribution < -0.4 is 11.0 Å². The van der Waals surface area contributed by atoms with Crippen molar-refractivity contribution in [1.29, 1.82) is 0 Å². The smallest absolute Gasteiger partial charge is 0.264 e. The molecule has 3 heterocycles. The summed E-state index contributed by atoms with van der Waals surface area (Å²) in [7, 11) is 1.74. The molecular weight excluding hydrogens is 356 g/mol. The van der Waals surface area contributed by atoms with Gasteiger partial charge in [0.2, 0.25) is 5.91 Å². The fourth-order valence-electron chi connectivity index (χ4n) is 3.71. The molecule has 0 spiro atoms. The standard InChI is InChI=1S/C20H24N6O2/c1-24-19-16(13-22-24)20(28)25(14-21-19)12-10-18(27)26-11-6-5-9-17(26)23-15-7-3-2-4-8-15/h5-6,9,11,13-15H,2-4,7-8,10,12H2,1H3. The van der Waals surface area contributed by atoms with Crippen LogP contribution in [0.1, 0.15) is 43.3 Å². The Balaban J connectivity index is 1.54. The lowest BCUT2D eigenvalue weighted by molar-refractivity contribution is 0.0890. The lowest BCUT2D eigenvalue weighted by atomic mass is 9.96. The van der Waals surface area contributed by atoms with Gasteiger partial charge in [0.25, 0.3) is 5.56 Å². The van der Waals surface area contributed by atoms with E-state index in [-0.39, 0.29) is 30.5 Å². The molecule has 28 heavy (non-hydrogen) atoms. The van der Waals surface area contributed by atoms with Crippen molar-refractivity contribution in [3.8, 4) is 0 Å². The van der Waals surface area contributed by atoms with E-state index in [1.807, 2.05) is 18.2 Å². The van der Waals surface area contributed by atoms with E-state index in [9.17, 15) is 9.59 Å². The third-order valence-electron chi connectivity index (χ3n) is 5.28. The van der Waals surface area contributed by atoms with E-state index in [0.717, 1.165) is 12.8 Å². The molecule has 0 N–H and O–H groups in total. The van der Waals surface area contributed by atoms with Crippen LogP contribution in [0, 0.1) is 0 Å². The molecule has 1 saturated carbocycles. The second-order valence-electron chi connectivity index (χ2n) is 7.24. The van der Waals surface area contributed by atoms with Crippen molar-refractivity contribution in [2.24, 2.45) is 12.0 Å². The maximum Gasteiger partial charge on any atom is 0.264 e. The molecule has 0 radical (unpaired) electrons. The summed E-state index contributed by atoms with van der Waals surface area (Å²) < 4.78 is 4.62. The molecule has 1 aliphatic carbocycles. The Morgan fingerprint density at radius 2 is 2.07 bits per heavy atom. The van der Waals surface area contributed by atoms with Crippen LogP contribution in [0.15, 0.2) is 46.7 Å². The Kier molecular flexibility index (Phi) is 5.18. The Labute approximate surface area is 162 Å². The topological polar surface area (TPSA) is 87.1 Å². The van der Waals surface area contributed by atoms with Gasteiger partial charge in [0, 0.05) is 26.2 Å². The molecule has 3 aromatic rings. The van der Waals surface area contributed by atoms with E-state index < -0.39 is 0 Å². The van der Waals surface area contributed by atoms with E-state index >= 15 is 0 Å². The van der Waals surface area contributed by atoms with Crippen molar-refractivity contribution in [3.05, 3.63) is 52.8 Å². The van der Waals surface area contributed by atoms with Crippen LogP contribution in [0.5, 0.6) is 0 Å². The fraction of sp³-hybridized carbons (Fsp3) is 0.450. The van der Waals surface area contributed by atoms with Gasteiger partial charge in [-0.3, -0.25) is 28.4 Å². The SMILES string of the molecule is Cn1ncc2c(=O)n(CCC(=O)n3ccccc3=NC3CCCCC3)cnc21. The van der Waals surface area contributed by atoms with Crippen molar-refractivity contribution < 1.29 is 4.79 Å². The first kappa shape index (κ1) is 18.3. The number of aryl methyl sites for hydroxylation is 2. The van der Waals surface area contributed by atoms with Gasteiger partial charge in [0.1, 0.15) is 10.9 Å². The predicted octanol–water partition coefficient (Wildman–Crippen LogP) is 1.90. The predicted molar refractivity (Wildman–Crippen MR) is 105 cm³/mol. The van der Waals surface area contributed by atoms with Gasteiger partial charge in [-0.2, -0.15) is 5.10 Å². The number of carbonyl (C=O) groups is 1. The first-order valence-corrected chi connectivity index (χ1v) is 9.75. The van der Waals surface area contributed by atoms with Crippen LogP contribution >= 0.6 is 0 Å². The number of nitrogens with zero attached hydrogens (tertiary/aromatic N) is 6. The van der Waals surface area contributed by atoms with E-state index in [1.54, 1.807) is 22.5 Å².